The first-order valence-corrected chi connectivity index (χ1v) is 8.02. The van der Waals surface area contributed by atoms with Crippen LogP contribution in [0.4, 0.5) is 10.1 Å². The quantitative estimate of drug-likeness (QED) is 0.588. The number of nitrogens with one attached hydrogen (secondary N) is 1. The van der Waals surface area contributed by atoms with Crippen LogP contribution in [0.1, 0.15) is 18.4 Å². The van der Waals surface area contributed by atoms with Gasteiger partial charge < -0.3 is 9.84 Å². The Morgan fingerprint density at radius 1 is 1.43 bits per heavy atom. The summed E-state index contributed by atoms with van der Waals surface area (Å²) in [5, 5.41) is 8.68. The van der Waals surface area contributed by atoms with Crippen molar-refractivity contribution in [2.75, 3.05) is 30.8 Å². The Kier molecular flexibility index (Phi) is 7.15. The number of aliphatic hydroxyl groups is 1. The largest absolute Gasteiger partial charge is 0.395 e. The van der Waals surface area contributed by atoms with E-state index in [0.29, 0.717) is 13.0 Å². The first-order valence-electron chi connectivity index (χ1n) is 6.37. The number of aliphatic hydroxyl groups excluding tert-OH is 1. The predicted molar refractivity (Wildman–Crippen MR) is 78.9 cm³/mol. The highest BCUT2D eigenvalue weighted by molar-refractivity contribution is 7.92. The number of ether oxygens (including phenoxy) is 1. The average molecular weight is 315 g/mol. The number of sulfonamides is 1. The number of anilines is 1. The van der Waals surface area contributed by atoms with Crippen LogP contribution in [0.3, 0.4) is 0 Å². The number of halogens is 1. The molecule has 0 fully saturated rings. The van der Waals surface area contributed by atoms with E-state index in [2.05, 4.69) is 16.6 Å². The molecule has 2 N–H and O–H groups in total. The second-order valence-electron chi connectivity index (χ2n) is 4.23. The van der Waals surface area contributed by atoms with Crippen LogP contribution >= 0.6 is 0 Å². The zero-order valence-corrected chi connectivity index (χ0v) is 12.5. The van der Waals surface area contributed by atoms with Crippen molar-refractivity contribution < 1.29 is 22.7 Å². The van der Waals surface area contributed by atoms with E-state index in [1.807, 2.05) is 0 Å². The van der Waals surface area contributed by atoms with E-state index in [1.165, 1.54) is 13.2 Å². The third-order valence-corrected chi connectivity index (χ3v) is 3.83. The first kappa shape index (κ1) is 17.4. The Labute approximate surface area is 124 Å². The fourth-order valence-corrected chi connectivity index (χ4v) is 2.65. The zero-order valence-electron chi connectivity index (χ0n) is 11.7. The third-order valence-electron chi connectivity index (χ3n) is 2.47. The van der Waals surface area contributed by atoms with E-state index in [4.69, 9.17) is 9.84 Å². The summed E-state index contributed by atoms with van der Waals surface area (Å²) in [5.41, 5.74) is 0.457. The lowest BCUT2D eigenvalue weighted by Gasteiger charge is -2.09. The zero-order chi connectivity index (χ0) is 15.7. The van der Waals surface area contributed by atoms with E-state index in [1.54, 1.807) is 0 Å². The lowest BCUT2D eigenvalue weighted by Crippen LogP contribution is -2.18. The van der Waals surface area contributed by atoms with Crippen LogP contribution in [0.2, 0.25) is 0 Å². The molecule has 0 aliphatic carbocycles. The van der Waals surface area contributed by atoms with Crippen molar-refractivity contribution in [3.63, 3.8) is 0 Å². The summed E-state index contributed by atoms with van der Waals surface area (Å²) in [5.74, 6) is 4.67. The van der Waals surface area contributed by atoms with Crippen LogP contribution in [0.15, 0.2) is 18.2 Å². The van der Waals surface area contributed by atoms with E-state index in [0.717, 1.165) is 12.1 Å². The lowest BCUT2D eigenvalue weighted by molar-refractivity contribution is 0.199. The van der Waals surface area contributed by atoms with Gasteiger partial charge in [-0.25, -0.2) is 12.8 Å². The maximum atomic E-state index is 13.2. The van der Waals surface area contributed by atoms with Gasteiger partial charge in [-0.3, -0.25) is 4.72 Å². The molecule has 0 saturated carbocycles. The van der Waals surface area contributed by atoms with Crippen LogP contribution < -0.4 is 4.72 Å². The topological polar surface area (TPSA) is 75.6 Å². The second kappa shape index (κ2) is 8.62. The van der Waals surface area contributed by atoms with Gasteiger partial charge in [0.15, 0.2) is 0 Å². The minimum Gasteiger partial charge on any atom is -0.395 e. The van der Waals surface area contributed by atoms with Gasteiger partial charge in [-0.2, -0.15) is 0 Å². The van der Waals surface area contributed by atoms with E-state index in [-0.39, 0.29) is 30.0 Å². The molecule has 0 unspecified atom stereocenters. The fraction of sp³-hybridized carbons (Fsp3) is 0.429. The SMILES string of the molecule is COCCCS(=O)(=O)Nc1ccc(F)cc1C#CCCO. The van der Waals surface area contributed by atoms with E-state index >= 15 is 0 Å². The van der Waals surface area contributed by atoms with Crippen molar-refractivity contribution >= 4 is 15.7 Å². The smallest absolute Gasteiger partial charge is 0.232 e. The lowest BCUT2D eigenvalue weighted by atomic mass is 10.2. The molecule has 0 amide bonds. The van der Waals surface area contributed by atoms with Gasteiger partial charge in [0.05, 0.1) is 23.6 Å². The molecule has 0 spiro atoms. The summed E-state index contributed by atoms with van der Waals surface area (Å²) in [6.45, 7) is 0.230. The van der Waals surface area contributed by atoms with Crippen LogP contribution in [-0.4, -0.2) is 39.6 Å². The fourth-order valence-electron chi connectivity index (χ4n) is 1.53. The maximum Gasteiger partial charge on any atom is 0.232 e. The van der Waals surface area contributed by atoms with Crippen LogP contribution in [-0.2, 0) is 14.8 Å². The Morgan fingerprint density at radius 3 is 2.86 bits per heavy atom. The molecule has 7 heteroatoms. The maximum absolute atomic E-state index is 13.2. The van der Waals surface area contributed by atoms with Crippen LogP contribution in [0, 0.1) is 17.7 Å². The molecular weight excluding hydrogens is 297 g/mol. The summed E-state index contributed by atoms with van der Waals surface area (Å²) >= 11 is 0. The Balaban J connectivity index is 2.90. The number of hydrogen-bond acceptors (Lipinski definition) is 4. The summed E-state index contributed by atoms with van der Waals surface area (Å²) in [6.07, 6.45) is 0.592. The minimum atomic E-state index is -3.54. The van der Waals surface area contributed by atoms with Crippen LogP contribution in [0.25, 0.3) is 0 Å². The predicted octanol–water partition coefficient (Wildman–Crippen LogP) is 1.34. The van der Waals surface area contributed by atoms with Crippen molar-refractivity contribution in [2.24, 2.45) is 0 Å². The molecule has 21 heavy (non-hydrogen) atoms. The van der Waals surface area contributed by atoms with Crippen molar-refractivity contribution in [2.45, 2.75) is 12.8 Å². The highest BCUT2D eigenvalue weighted by Gasteiger charge is 2.12. The molecule has 0 aromatic heterocycles. The van der Waals surface area contributed by atoms with E-state index < -0.39 is 15.8 Å². The summed E-state index contributed by atoms with van der Waals surface area (Å²) in [4.78, 5) is 0. The molecule has 1 aromatic carbocycles. The van der Waals surface area contributed by atoms with Gasteiger partial charge in [-0.1, -0.05) is 11.8 Å². The van der Waals surface area contributed by atoms with Crippen molar-refractivity contribution in [1.29, 1.82) is 0 Å². The third kappa shape index (κ3) is 6.58. The van der Waals surface area contributed by atoms with Crippen molar-refractivity contribution in [3.05, 3.63) is 29.6 Å². The molecule has 0 radical (unpaired) electrons. The van der Waals surface area contributed by atoms with Gasteiger partial charge in [0.2, 0.25) is 10.0 Å². The number of benzene rings is 1. The summed E-state index contributed by atoms with van der Waals surface area (Å²) in [6, 6.07) is 3.63. The molecule has 0 aliphatic rings. The van der Waals surface area contributed by atoms with Gasteiger partial charge in [0, 0.05) is 20.1 Å². The average Bonchev–Trinajstić information content (AvgIpc) is 2.42. The van der Waals surface area contributed by atoms with Crippen molar-refractivity contribution in [3.8, 4) is 11.8 Å². The molecule has 0 bridgehead atoms. The summed E-state index contributed by atoms with van der Waals surface area (Å²) in [7, 11) is -2.05. The first-order chi connectivity index (χ1) is 9.98. The monoisotopic (exact) mass is 315 g/mol. The molecule has 0 heterocycles. The van der Waals surface area contributed by atoms with Gasteiger partial charge in [0.25, 0.3) is 0 Å². The molecule has 0 saturated heterocycles. The van der Waals surface area contributed by atoms with Gasteiger partial charge in [-0.05, 0) is 24.6 Å². The van der Waals surface area contributed by atoms with Crippen molar-refractivity contribution in [1.82, 2.24) is 0 Å². The Bertz CT molecular complexity index is 620. The van der Waals surface area contributed by atoms with Gasteiger partial charge >= 0.3 is 0 Å². The molecule has 5 nitrogen and oxygen atoms in total. The van der Waals surface area contributed by atoms with Crippen LogP contribution in [0.5, 0.6) is 0 Å². The normalized spacial score (nSPS) is 10.8. The highest BCUT2D eigenvalue weighted by Crippen LogP contribution is 2.18. The molecule has 116 valence electrons. The van der Waals surface area contributed by atoms with Gasteiger partial charge in [0.1, 0.15) is 5.82 Å². The van der Waals surface area contributed by atoms with E-state index in [9.17, 15) is 12.8 Å². The Hall–Kier alpha value is -1.62. The molecular formula is C14H18FNO4S. The highest BCUT2D eigenvalue weighted by atomic mass is 32.2. The Morgan fingerprint density at radius 2 is 2.19 bits per heavy atom. The number of hydrogen-bond donors (Lipinski definition) is 2. The molecule has 1 aromatic rings. The minimum absolute atomic E-state index is 0.0955. The second-order valence-corrected chi connectivity index (χ2v) is 6.07. The molecule has 0 atom stereocenters. The van der Waals surface area contributed by atoms with Gasteiger partial charge in [-0.15, -0.1) is 0 Å². The standard InChI is InChI=1S/C14H18FNO4S/c1-20-9-4-10-21(18,19)16-14-7-6-13(15)11-12(14)5-2-3-8-17/h6-7,11,16-17H,3-4,8-10H2,1H3. The molecule has 0 aliphatic heterocycles. The number of rotatable bonds is 7. The molecule has 1 rings (SSSR count). The summed E-state index contributed by atoms with van der Waals surface area (Å²) < 4.78 is 44.2. The number of methoxy groups -OCH3 is 1.